The molecule has 5 rings (SSSR count). The van der Waals surface area contributed by atoms with Gasteiger partial charge in [-0.05, 0) is 69.2 Å². The van der Waals surface area contributed by atoms with Crippen LogP contribution in [0.1, 0.15) is 52.9 Å². The zero-order valence-electron chi connectivity index (χ0n) is 30.1. The molecule has 0 spiro atoms. The third-order valence-corrected chi connectivity index (χ3v) is 10.7. The van der Waals surface area contributed by atoms with Gasteiger partial charge in [0.2, 0.25) is 0 Å². The van der Waals surface area contributed by atoms with Gasteiger partial charge < -0.3 is 26.2 Å². The number of hydrogen-bond acceptors (Lipinski definition) is 11. The molecule has 2 aromatic heterocycles. The molecule has 1 amide bonds. The van der Waals surface area contributed by atoms with Gasteiger partial charge in [0.15, 0.2) is 10.8 Å². The highest BCUT2D eigenvalue weighted by Crippen LogP contribution is 2.35. The molecule has 3 heterocycles. The Morgan fingerprint density at radius 1 is 1.04 bits per heavy atom. The van der Waals surface area contributed by atoms with Crippen molar-refractivity contribution in [1.29, 1.82) is 0 Å². The molecule has 4 aromatic rings. The van der Waals surface area contributed by atoms with Crippen LogP contribution in [0.5, 0.6) is 0 Å². The topological polar surface area (TPSA) is 175 Å². The number of Topliss-reactive ketones (excluding diaryl/α,β-unsaturated/α-hetero) is 1. The van der Waals surface area contributed by atoms with Crippen LogP contribution in [-0.4, -0.2) is 92.6 Å². The third-order valence-electron chi connectivity index (χ3n) is 9.39. The second-order valence-electron chi connectivity index (χ2n) is 13.5. The highest BCUT2D eigenvalue weighted by molar-refractivity contribution is 7.17. The number of nitrogens with zero attached hydrogens (tertiary/aromatic N) is 5. The lowest BCUT2D eigenvalue weighted by molar-refractivity contribution is -0.150. The summed E-state index contributed by atoms with van der Waals surface area (Å²) < 4.78 is 0. The molecule has 1 fully saturated rings. The Morgan fingerprint density at radius 2 is 1.75 bits per heavy atom. The zero-order valence-corrected chi connectivity index (χ0v) is 32.5. The molecule has 53 heavy (non-hydrogen) atoms. The normalized spacial score (nSPS) is 15.5. The van der Waals surface area contributed by atoms with E-state index in [1.807, 2.05) is 62.4 Å². The van der Waals surface area contributed by atoms with E-state index in [-0.39, 0.29) is 37.1 Å². The fourth-order valence-electron chi connectivity index (χ4n) is 6.52. The van der Waals surface area contributed by atoms with Gasteiger partial charge in [0.05, 0.1) is 4.88 Å². The Balaban J connectivity index is 0.00000627. The Labute approximate surface area is 325 Å². The summed E-state index contributed by atoms with van der Waals surface area (Å²) in [7, 11) is 0. The van der Waals surface area contributed by atoms with Crippen molar-refractivity contribution in [2.45, 2.75) is 58.6 Å². The van der Waals surface area contributed by atoms with Gasteiger partial charge in [0, 0.05) is 55.1 Å². The van der Waals surface area contributed by atoms with Crippen LogP contribution in [0.3, 0.4) is 0 Å². The van der Waals surface area contributed by atoms with Crippen molar-refractivity contribution >= 4 is 64.6 Å². The largest absolute Gasteiger partial charge is 0.481 e. The van der Waals surface area contributed by atoms with Gasteiger partial charge in [-0.1, -0.05) is 61.0 Å². The maximum Gasteiger partial charge on any atom is 0.314 e. The van der Waals surface area contributed by atoms with Crippen LogP contribution in [0.4, 0.5) is 11.6 Å². The molecule has 0 radical (unpaired) electrons. The van der Waals surface area contributed by atoms with Crippen molar-refractivity contribution in [1.82, 2.24) is 19.9 Å². The summed E-state index contributed by atoms with van der Waals surface area (Å²) in [6.45, 7) is 9.64. The maximum absolute atomic E-state index is 13.1. The van der Waals surface area contributed by atoms with Gasteiger partial charge in [0.25, 0.3) is 5.91 Å². The molecule has 1 aliphatic rings. The summed E-state index contributed by atoms with van der Waals surface area (Å²) in [6.07, 6.45) is 2.12. The predicted octanol–water partition coefficient (Wildman–Crippen LogP) is 5.67. The van der Waals surface area contributed by atoms with E-state index in [1.165, 1.54) is 11.3 Å². The Kier molecular flexibility index (Phi) is 15.3. The minimum atomic E-state index is -1.55. The van der Waals surface area contributed by atoms with Gasteiger partial charge in [0.1, 0.15) is 29.5 Å². The first-order valence-corrected chi connectivity index (χ1v) is 18.7. The molecule has 12 nitrogen and oxygen atoms in total. The van der Waals surface area contributed by atoms with Crippen molar-refractivity contribution in [2.24, 2.45) is 17.6 Å². The van der Waals surface area contributed by atoms with Gasteiger partial charge in [-0.15, -0.1) is 23.7 Å². The first kappa shape index (κ1) is 41.8. The molecule has 15 heteroatoms. The van der Waals surface area contributed by atoms with E-state index >= 15 is 0 Å². The lowest BCUT2D eigenvalue weighted by atomic mass is 9.85. The number of piperazine rings is 1. The number of aliphatic carboxylic acids is 1. The number of thiazole rings is 1. The molecule has 0 aliphatic carbocycles. The fourth-order valence-corrected chi connectivity index (χ4v) is 7.84. The Bertz CT molecular complexity index is 1840. The number of carbonyl (C=O) groups excluding carboxylic acids is 2. The molecular weight excluding hydrogens is 737 g/mol. The van der Waals surface area contributed by atoms with Crippen molar-refractivity contribution in [2.75, 3.05) is 42.9 Å². The van der Waals surface area contributed by atoms with Gasteiger partial charge >= 0.3 is 5.97 Å². The predicted molar refractivity (Wildman–Crippen MR) is 211 cm³/mol. The van der Waals surface area contributed by atoms with Gasteiger partial charge in [-0.25, -0.2) is 15.0 Å². The number of hydrogen-bond donors (Lipinski definition) is 4. The number of ketones is 1. The molecule has 4 atom stereocenters. The minimum absolute atomic E-state index is 0. The number of nitrogens with two attached hydrogens (primary N) is 1. The Morgan fingerprint density at radius 3 is 2.43 bits per heavy atom. The number of halogens is 2. The molecule has 1 saturated heterocycles. The number of carboxylic acids is 1. The average molecular weight is 785 g/mol. The SMILES string of the molecule is Cc1nc(NC(=O)c2ncc(-c3c(C)cccc3Cl)s2)cc(N2CCN(CCCC(C)CC(C(=O)O)C(=O)[C@@H](O)[C@H](N)Cc3ccccc3)CC2)n1.Cl. The number of carbonyl (C=O) groups is 3. The molecule has 1 aliphatic heterocycles. The van der Waals surface area contributed by atoms with Crippen LogP contribution >= 0.6 is 35.3 Å². The van der Waals surface area contributed by atoms with Crippen LogP contribution in [0, 0.1) is 25.7 Å². The number of nitrogens with one attached hydrogen (secondary N) is 1. The van der Waals surface area contributed by atoms with E-state index in [9.17, 15) is 24.6 Å². The summed E-state index contributed by atoms with van der Waals surface area (Å²) in [4.78, 5) is 56.9. The number of amides is 1. The lowest BCUT2D eigenvalue weighted by Gasteiger charge is -2.35. The van der Waals surface area contributed by atoms with E-state index in [1.54, 1.807) is 19.2 Å². The molecule has 284 valence electrons. The van der Waals surface area contributed by atoms with Crippen molar-refractivity contribution in [3.8, 4) is 10.4 Å². The second-order valence-corrected chi connectivity index (χ2v) is 14.9. The van der Waals surface area contributed by atoms with E-state index in [4.69, 9.17) is 17.3 Å². The van der Waals surface area contributed by atoms with Crippen LogP contribution in [0.15, 0.2) is 60.8 Å². The standard InChI is InChI=1S/C38H46ClN7O5S.ClH/c1-23(19-27(38(50)51)34(47)35(48)29(40)20-26-11-5-4-6-12-26)9-8-14-45-15-17-46(18-16-45)32-21-31(42-25(3)43-32)44-36(49)37-41-22-30(52-37)33-24(2)10-7-13-28(33)39;/h4-7,10-13,21-23,27,29,35,48H,8-9,14-20,40H2,1-3H3,(H,50,51)(H,42,43,44,49);1H/t23?,27?,29-,35+;/m1./s1. The molecule has 0 saturated carbocycles. The number of benzene rings is 2. The van der Waals surface area contributed by atoms with E-state index in [0.29, 0.717) is 21.7 Å². The molecule has 2 aromatic carbocycles. The minimum Gasteiger partial charge on any atom is -0.481 e. The molecule has 5 N–H and O–H groups in total. The highest BCUT2D eigenvalue weighted by atomic mass is 35.5. The number of anilines is 2. The Hall–Kier alpha value is -3.98. The monoisotopic (exact) mass is 783 g/mol. The summed E-state index contributed by atoms with van der Waals surface area (Å²) in [5.74, 6) is -1.98. The zero-order chi connectivity index (χ0) is 37.4. The number of aliphatic hydroxyl groups excluding tert-OH is 1. The average Bonchev–Trinajstić information content (AvgIpc) is 3.60. The lowest BCUT2D eigenvalue weighted by Crippen LogP contribution is -2.47. The van der Waals surface area contributed by atoms with Crippen LogP contribution in [0.25, 0.3) is 10.4 Å². The van der Waals surface area contributed by atoms with Gasteiger partial charge in [-0.3, -0.25) is 19.3 Å². The summed E-state index contributed by atoms with van der Waals surface area (Å²) in [5, 5.41) is 24.2. The highest BCUT2D eigenvalue weighted by Gasteiger charge is 2.35. The number of aromatic nitrogens is 3. The molecular formula is C38H47Cl2N7O5S. The third kappa shape index (κ3) is 11.3. The van der Waals surface area contributed by atoms with Crippen molar-refractivity contribution in [3.63, 3.8) is 0 Å². The van der Waals surface area contributed by atoms with Crippen LogP contribution in [0.2, 0.25) is 5.02 Å². The van der Waals surface area contributed by atoms with E-state index < -0.39 is 29.8 Å². The quantitative estimate of drug-likeness (QED) is 0.103. The number of carboxylic acid groups (broad SMARTS) is 1. The number of aliphatic hydroxyl groups is 1. The first-order valence-electron chi connectivity index (χ1n) is 17.5. The van der Waals surface area contributed by atoms with Crippen LogP contribution < -0.4 is 16.0 Å². The number of aryl methyl sites for hydroxylation is 2. The number of rotatable bonds is 16. The molecule has 0 bridgehead atoms. The van der Waals surface area contributed by atoms with Crippen LogP contribution in [-0.2, 0) is 16.0 Å². The van der Waals surface area contributed by atoms with Crippen molar-refractivity contribution < 1.29 is 24.6 Å². The van der Waals surface area contributed by atoms with Crippen molar-refractivity contribution in [3.05, 3.63) is 87.8 Å². The summed E-state index contributed by atoms with van der Waals surface area (Å²) in [5.41, 5.74) is 8.85. The van der Waals surface area contributed by atoms with Gasteiger partial charge in [-0.2, -0.15) is 0 Å². The second kappa shape index (κ2) is 19.4. The van der Waals surface area contributed by atoms with E-state index in [0.717, 1.165) is 73.0 Å². The first-order chi connectivity index (χ1) is 24.9. The molecule has 2 unspecified atom stereocenters. The summed E-state index contributed by atoms with van der Waals surface area (Å²) >= 11 is 7.69. The maximum atomic E-state index is 13.1. The fraction of sp³-hybridized carbons (Fsp3) is 0.421. The van der Waals surface area contributed by atoms with E-state index in [2.05, 4.69) is 30.1 Å². The summed E-state index contributed by atoms with van der Waals surface area (Å²) in [6, 6.07) is 15.8. The smallest absolute Gasteiger partial charge is 0.314 e.